The van der Waals surface area contributed by atoms with E-state index in [1.807, 2.05) is 24.3 Å². The standard InChI is InChI=1S/C15H19BrN2O2/c1-2-3-8-17-14(19)10-9-11(10)15(20)18-13-7-5-4-6-12(13)16/h4-7,10-11H,2-3,8-9H2,1H3,(H,17,19)(H,18,20). The normalized spacial score (nSPS) is 20.3. The summed E-state index contributed by atoms with van der Waals surface area (Å²) in [6.07, 6.45) is 2.68. The van der Waals surface area contributed by atoms with Crippen molar-refractivity contribution in [3.05, 3.63) is 28.7 Å². The van der Waals surface area contributed by atoms with Gasteiger partial charge in [-0.05, 0) is 40.9 Å². The molecule has 2 amide bonds. The highest BCUT2D eigenvalue weighted by Crippen LogP contribution is 2.39. The van der Waals surface area contributed by atoms with Crippen molar-refractivity contribution in [3.63, 3.8) is 0 Å². The van der Waals surface area contributed by atoms with E-state index in [0.717, 1.165) is 23.0 Å². The highest BCUT2D eigenvalue weighted by molar-refractivity contribution is 9.10. The van der Waals surface area contributed by atoms with Crippen LogP contribution >= 0.6 is 15.9 Å². The van der Waals surface area contributed by atoms with Crippen molar-refractivity contribution < 1.29 is 9.59 Å². The lowest BCUT2D eigenvalue weighted by atomic mass is 10.2. The molecule has 1 fully saturated rings. The van der Waals surface area contributed by atoms with E-state index >= 15 is 0 Å². The van der Waals surface area contributed by atoms with E-state index in [-0.39, 0.29) is 23.7 Å². The molecule has 5 heteroatoms. The third-order valence-corrected chi connectivity index (χ3v) is 4.12. The average Bonchev–Trinajstić information content (AvgIpc) is 3.22. The van der Waals surface area contributed by atoms with Crippen molar-refractivity contribution in [3.8, 4) is 0 Å². The van der Waals surface area contributed by atoms with Crippen molar-refractivity contribution >= 4 is 33.4 Å². The number of nitrogens with one attached hydrogen (secondary N) is 2. The predicted molar refractivity (Wildman–Crippen MR) is 82.3 cm³/mol. The molecule has 2 unspecified atom stereocenters. The number of hydrogen-bond donors (Lipinski definition) is 2. The SMILES string of the molecule is CCCCNC(=O)C1CC1C(=O)Nc1ccccc1Br. The summed E-state index contributed by atoms with van der Waals surface area (Å²) in [5.74, 6) is -0.420. The Morgan fingerprint density at radius 3 is 2.65 bits per heavy atom. The second kappa shape index (κ2) is 6.88. The zero-order chi connectivity index (χ0) is 14.5. The van der Waals surface area contributed by atoms with Crippen LogP contribution in [0.1, 0.15) is 26.2 Å². The van der Waals surface area contributed by atoms with Gasteiger partial charge >= 0.3 is 0 Å². The predicted octanol–water partition coefficient (Wildman–Crippen LogP) is 2.94. The van der Waals surface area contributed by atoms with E-state index in [2.05, 4.69) is 33.5 Å². The van der Waals surface area contributed by atoms with Crippen molar-refractivity contribution in [2.24, 2.45) is 11.8 Å². The molecule has 0 radical (unpaired) electrons. The van der Waals surface area contributed by atoms with Gasteiger partial charge in [-0.1, -0.05) is 25.5 Å². The van der Waals surface area contributed by atoms with Crippen molar-refractivity contribution in [2.45, 2.75) is 26.2 Å². The van der Waals surface area contributed by atoms with Gasteiger partial charge < -0.3 is 10.6 Å². The van der Waals surface area contributed by atoms with Gasteiger partial charge in [0.1, 0.15) is 0 Å². The van der Waals surface area contributed by atoms with Gasteiger partial charge in [-0.25, -0.2) is 0 Å². The Bertz CT molecular complexity index is 504. The molecule has 20 heavy (non-hydrogen) atoms. The minimum atomic E-state index is -0.191. The summed E-state index contributed by atoms with van der Waals surface area (Å²) in [6.45, 7) is 2.78. The molecule has 0 saturated heterocycles. The van der Waals surface area contributed by atoms with Gasteiger partial charge in [-0.2, -0.15) is 0 Å². The lowest BCUT2D eigenvalue weighted by molar-refractivity contribution is -0.125. The summed E-state index contributed by atoms with van der Waals surface area (Å²) >= 11 is 3.39. The van der Waals surface area contributed by atoms with Crippen LogP contribution in [0.2, 0.25) is 0 Å². The first-order valence-electron chi connectivity index (χ1n) is 6.96. The molecule has 1 aliphatic rings. The molecular formula is C15H19BrN2O2. The van der Waals surface area contributed by atoms with E-state index in [0.29, 0.717) is 13.0 Å². The minimum absolute atomic E-state index is 0.00530. The molecule has 2 rings (SSSR count). The monoisotopic (exact) mass is 338 g/mol. The lowest BCUT2D eigenvalue weighted by Crippen LogP contribution is -2.28. The number of anilines is 1. The molecule has 1 aromatic rings. The van der Waals surface area contributed by atoms with Crippen LogP contribution < -0.4 is 10.6 Å². The van der Waals surface area contributed by atoms with Gasteiger partial charge in [0.2, 0.25) is 11.8 Å². The Morgan fingerprint density at radius 2 is 1.95 bits per heavy atom. The Hall–Kier alpha value is -1.36. The molecule has 108 valence electrons. The number of benzene rings is 1. The van der Waals surface area contributed by atoms with E-state index in [9.17, 15) is 9.59 Å². The molecule has 2 atom stereocenters. The Labute approximate surface area is 127 Å². The largest absolute Gasteiger partial charge is 0.356 e. The third kappa shape index (κ3) is 3.82. The molecule has 0 aromatic heterocycles. The first-order valence-corrected chi connectivity index (χ1v) is 7.76. The van der Waals surface area contributed by atoms with Crippen LogP contribution in [0.25, 0.3) is 0 Å². The molecule has 0 aliphatic heterocycles. The number of amides is 2. The molecule has 0 spiro atoms. The highest BCUT2D eigenvalue weighted by Gasteiger charge is 2.47. The number of carbonyl (C=O) groups is 2. The number of hydrogen-bond acceptors (Lipinski definition) is 2. The lowest BCUT2D eigenvalue weighted by Gasteiger charge is -2.07. The first kappa shape index (κ1) is 15.0. The van der Waals surface area contributed by atoms with Gasteiger partial charge in [0.25, 0.3) is 0 Å². The highest BCUT2D eigenvalue weighted by atomic mass is 79.9. The summed E-state index contributed by atoms with van der Waals surface area (Å²) in [5, 5.41) is 5.74. The smallest absolute Gasteiger partial charge is 0.228 e. The zero-order valence-electron chi connectivity index (χ0n) is 11.5. The van der Waals surface area contributed by atoms with Crippen LogP contribution in [0.3, 0.4) is 0 Å². The quantitative estimate of drug-likeness (QED) is 0.783. The zero-order valence-corrected chi connectivity index (χ0v) is 13.1. The van der Waals surface area contributed by atoms with Crippen LogP contribution in [0, 0.1) is 11.8 Å². The molecule has 1 aliphatic carbocycles. The second-order valence-corrected chi connectivity index (χ2v) is 5.92. The van der Waals surface area contributed by atoms with Crippen LogP contribution in [0.4, 0.5) is 5.69 Å². The summed E-state index contributed by atoms with van der Waals surface area (Å²) in [4.78, 5) is 23.9. The summed E-state index contributed by atoms with van der Waals surface area (Å²) in [6, 6.07) is 7.46. The second-order valence-electron chi connectivity index (χ2n) is 5.06. The minimum Gasteiger partial charge on any atom is -0.356 e. The van der Waals surface area contributed by atoms with E-state index in [4.69, 9.17) is 0 Å². The molecule has 4 nitrogen and oxygen atoms in total. The average molecular weight is 339 g/mol. The fraction of sp³-hybridized carbons (Fsp3) is 0.467. The molecule has 1 aromatic carbocycles. The summed E-state index contributed by atoms with van der Waals surface area (Å²) in [5.41, 5.74) is 0.745. The Morgan fingerprint density at radius 1 is 1.25 bits per heavy atom. The fourth-order valence-corrected chi connectivity index (χ4v) is 2.47. The molecular weight excluding hydrogens is 320 g/mol. The van der Waals surface area contributed by atoms with Crippen molar-refractivity contribution in [1.82, 2.24) is 5.32 Å². The van der Waals surface area contributed by atoms with Gasteiger partial charge in [0, 0.05) is 11.0 Å². The maximum atomic E-state index is 12.1. The number of unbranched alkanes of at least 4 members (excludes halogenated alkanes) is 1. The van der Waals surface area contributed by atoms with Crippen molar-refractivity contribution in [1.29, 1.82) is 0 Å². The fourth-order valence-electron chi connectivity index (χ4n) is 2.08. The van der Waals surface area contributed by atoms with Gasteiger partial charge in [-0.3, -0.25) is 9.59 Å². The van der Waals surface area contributed by atoms with Gasteiger partial charge in [0.15, 0.2) is 0 Å². The Balaban J connectivity index is 1.81. The van der Waals surface area contributed by atoms with Crippen LogP contribution in [0.15, 0.2) is 28.7 Å². The van der Waals surface area contributed by atoms with Crippen LogP contribution in [0.5, 0.6) is 0 Å². The topological polar surface area (TPSA) is 58.2 Å². The number of halogens is 1. The van der Waals surface area contributed by atoms with Crippen LogP contribution in [-0.2, 0) is 9.59 Å². The molecule has 0 bridgehead atoms. The van der Waals surface area contributed by atoms with Crippen LogP contribution in [-0.4, -0.2) is 18.4 Å². The maximum absolute atomic E-state index is 12.1. The van der Waals surface area contributed by atoms with Gasteiger partial charge in [-0.15, -0.1) is 0 Å². The van der Waals surface area contributed by atoms with E-state index < -0.39 is 0 Å². The molecule has 0 heterocycles. The maximum Gasteiger partial charge on any atom is 0.228 e. The first-order chi connectivity index (χ1) is 9.63. The number of para-hydroxylation sites is 1. The Kier molecular flexibility index (Phi) is 5.17. The third-order valence-electron chi connectivity index (χ3n) is 3.43. The molecule has 2 N–H and O–H groups in total. The van der Waals surface area contributed by atoms with E-state index in [1.165, 1.54) is 0 Å². The number of carbonyl (C=O) groups excluding carboxylic acids is 2. The molecule has 1 saturated carbocycles. The van der Waals surface area contributed by atoms with Crippen molar-refractivity contribution in [2.75, 3.05) is 11.9 Å². The number of rotatable bonds is 6. The summed E-state index contributed by atoms with van der Waals surface area (Å²) in [7, 11) is 0. The van der Waals surface area contributed by atoms with E-state index in [1.54, 1.807) is 0 Å². The summed E-state index contributed by atoms with van der Waals surface area (Å²) < 4.78 is 0.845. The van der Waals surface area contributed by atoms with Gasteiger partial charge in [0.05, 0.1) is 17.5 Å².